The van der Waals surface area contributed by atoms with E-state index in [1.54, 1.807) is 13.8 Å². The molecule has 0 heterocycles. The minimum Gasteiger partial charge on any atom is -0.389 e. The van der Waals surface area contributed by atoms with E-state index in [1.807, 2.05) is 6.92 Å². The van der Waals surface area contributed by atoms with Crippen LogP contribution in [-0.2, 0) is 4.79 Å². The molecule has 0 saturated carbocycles. The van der Waals surface area contributed by atoms with Gasteiger partial charge in [-0.1, -0.05) is 46.0 Å². The molecule has 0 rings (SSSR count). The molecule has 0 spiro atoms. The highest BCUT2D eigenvalue weighted by atomic mass is 16.3. The Kier molecular flexibility index (Phi) is 8.23. The van der Waals surface area contributed by atoms with Crippen LogP contribution in [0.15, 0.2) is 0 Å². The van der Waals surface area contributed by atoms with Crippen molar-refractivity contribution < 1.29 is 9.90 Å². The van der Waals surface area contributed by atoms with Crippen molar-refractivity contribution >= 4 is 5.91 Å². The van der Waals surface area contributed by atoms with Crippen molar-refractivity contribution in [2.45, 2.75) is 71.8 Å². The minimum atomic E-state index is -0.823. The van der Waals surface area contributed by atoms with Gasteiger partial charge >= 0.3 is 0 Å². The number of unbranched alkanes of at least 4 members (excludes halogenated alkanes) is 4. The van der Waals surface area contributed by atoms with Crippen LogP contribution in [0.3, 0.4) is 0 Å². The quantitative estimate of drug-likeness (QED) is 0.612. The van der Waals surface area contributed by atoms with E-state index in [1.165, 1.54) is 25.7 Å². The Morgan fingerprint density at radius 3 is 2.35 bits per heavy atom. The molecule has 1 atom stereocenters. The van der Waals surface area contributed by atoms with Crippen LogP contribution < -0.4 is 5.32 Å². The van der Waals surface area contributed by atoms with Crippen LogP contribution in [0.2, 0.25) is 0 Å². The van der Waals surface area contributed by atoms with Crippen LogP contribution in [0.1, 0.15) is 66.2 Å². The Hall–Kier alpha value is -0.570. The standard InChI is InChI=1S/C14H29NO2/c1-5-6-7-8-9-10-12(2)13(16)15-11-14(3,4)17/h12,17H,5-11H2,1-4H3,(H,15,16). The van der Waals surface area contributed by atoms with E-state index in [0.717, 1.165) is 12.8 Å². The van der Waals surface area contributed by atoms with Crippen molar-refractivity contribution in [3.63, 3.8) is 0 Å². The summed E-state index contributed by atoms with van der Waals surface area (Å²) in [7, 11) is 0. The van der Waals surface area contributed by atoms with Crippen molar-refractivity contribution in [1.29, 1.82) is 0 Å². The first-order valence-electron chi connectivity index (χ1n) is 6.87. The summed E-state index contributed by atoms with van der Waals surface area (Å²) in [6.07, 6.45) is 7.10. The summed E-state index contributed by atoms with van der Waals surface area (Å²) in [5.74, 6) is 0.113. The van der Waals surface area contributed by atoms with Gasteiger partial charge in [-0.2, -0.15) is 0 Å². The number of rotatable bonds is 9. The molecule has 17 heavy (non-hydrogen) atoms. The van der Waals surface area contributed by atoms with Crippen molar-refractivity contribution in [2.24, 2.45) is 5.92 Å². The predicted octanol–water partition coefficient (Wildman–Crippen LogP) is 2.87. The molecule has 3 nitrogen and oxygen atoms in total. The lowest BCUT2D eigenvalue weighted by molar-refractivity contribution is -0.125. The second-order valence-electron chi connectivity index (χ2n) is 5.63. The molecule has 0 aromatic heterocycles. The highest BCUT2D eigenvalue weighted by Gasteiger charge is 2.17. The fourth-order valence-corrected chi connectivity index (χ4v) is 1.66. The molecule has 0 aliphatic carbocycles. The maximum absolute atomic E-state index is 11.7. The Bertz CT molecular complexity index is 209. The topological polar surface area (TPSA) is 49.3 Å². The summed E-state index contributed by atoms with van der Waals surface area (Å²) >= 11 is 0. The van der Waals surface area contributed by atoms with Gasteiger partial charge in [-0.3, -0.25) is 4.79 Å². The monoisotopic (exact) mass is 243 g/mol. The average Bonchev–Trinajstić information content (AvgIpc) is 2.24. The third kappa shape index (κ3) is 10.3. The number of aliphatic hydroxyl groups is 1. The van der Waals surface area contributed by atoms with E-state index in [0.29, 0.717) is 6.54 Å². The van der Waals surface area contributed by atoms with Crippen LogP contribution in [-0.4, -0.2) is 23.2 Å². The highest BCUT2D eigenvalue weighted by Crippen LogP contribution is 2.11. The van der Waals surface area contributed by atoms with E-state index in [4.69, 9.17) is 0 Å². The predicted molar refractivity (Wildman–Crippen MR) is 71.8 cm³/mol. The Morgan fingerprint density at radius 1 is 1.24 bits per heavy atom. The normalized spacial score (nSPS) is 13.5. The summed E-state index contributed by atoms with van der Waals surface area (Å²) in [4.78, 5) is 11.7. The zero-order valence-corrected chi connectivity index (χ0v) is 11.9. The zero-order chi connectivity index (χ0) is 13.3. The number of amides is 1. The first-order chi connectivity index (χ1) is 7.87. The molecule has 0 aromatic carbocycles. The lowest BCUT2D eigenvalue weighted by atomic mass is 10.0. The largest absolute Gasteiger partial charge is 0.389 e. The molecule has 0 bridgehead atoms. The second kappa shape index (κ2) is 8.51. The van der Waals surface area contributed by atoms with E-state index in [2.05, 4.69) is 12.2 Å². The van der Waals surface area contributed by atoms with Crippen LogP contribution >= 0.6 is 0 Å². The summed E-state index contributed by atoms with van der Waals surface area (Å²) in [5.41, 5.74) is -0.823. The lowest BCUT2D eigenvalue weighted by Crippen LogP contribution is -2.40. The van der Waals surface area contributed by atoms with Crippen LogP contribution in [0.4, 0.5) is 0 Å². The van der Waals surface area contributed by atoms with Gasteiger partial charge in [0.05, 0.1) is 5.60 Å². The molecule has 102 valence electrons. The molecule has 0 aliphatic rings. The van der Waals surface area contributed by atoms with E-state index in [9.17, 15) is 9.90 Å². The third-order valence-corrected chi connectivity index (χ3v) is 2.88. The van der Waals surface area contributed by atoms with Crippen LogP contribution in [0.5, 0.6) is 0 Å². The second-order valence-corrected chi connectivity index (χ2v) is 5.63. The first kappa shape index (κ1) is 16.4. The van der Waals surface area contributed by atoms with Gasteiger partial charge < -0.3 is 10.4 Å². The fourth-order valence-electron chi connectivity index (χ4n) is 1.66. The van der Waals surface area contributed by atoms with Crippen molar-refractivity contribution in [2.75, 3.05) is 6.54 Å². The molecule has 1 unspecified atom stereocenters. The average molecular weight is 243 g/mol. The Balaban J connectivity index is 3.61. The van der Waals surface area contributed by atoms with Crippen molar-refractivity contribution in [3.8, 4) is 0 Å². The molecule has 0 aromatic rings. The van der Waals surface area contributed by atoms with Gasteiger partial charge in [0.25, 0.3) is 0 Å². The maximum Gasteiger partial charge on any atom is 0.222 e. The van der Waals surface area contributed by atoms with Crippen molar-refractivity contribution in [3.05, 3.63) is 0 Å². The fraction of sp³-hybridized carbons (Fsp3) is 0.929. The van der Waals surface area contributed by atoms with Gasteiger partial charge in [0.15, 0.2) is 0 Å². The molecular weight excluding hydrogens is 214 g/mol. The van der Waals surface area contributed by atoms with Gasteiger partial charge in [-0.15, -0.1) is 0 Å². The molecule has 0 aliphatic heterocycles. The lowest BCUT2D eigenvalue weighted by Gasteiger charge is -2.19. The van der Waals surface area contributed by atoms with Gasteiger partial charge in [0, 0.05) is 12.5 Å². The summed E-state index contributed by atoms with van der Waals surface area (Å²) in [5, 5.41) is 12.3. The summed E-state index contributed by atoms with van der Waals surface area (Å²) < 4.78 is 0. The van der Waals surface area contributed by atoms with Gasteiger partial charge in [0.1, 0.15) is 0 Å². The molecule has 2 N–H and O–H groups in total. The minimum absolute atomic E-state index is 0.0546. The Labute approximate surface area is 106 Å². The number of hydrogen-bond donors (Lipinski definition) is 2. The zero-order valence-electron chi connectivity index (χ0n) is 11.9. The molecule has 1 amide bonds. The number of nitrogens with one attached hydrogen (secondary N) is 1. The maximum atomic E-state index is 11.7. The molecule has 0 saturated heterocycles. The molecule has 0 fully saturated rings. The third-order valence-electron chi connectivity index (χ3n) is 2.88. The molecule has 3 heteroatoms. The Morgan fingerprint density at radius 2 is 1.82 bits per heavy atom. The SMILES string of the molecule is CCCCCCCC(C)C(=O)NCC(C)(C)O. The summed E-state index contributed by atoms with van der Waals surface area (Å²) in [6.45, 7) is 7.88. The van der Waals surface area contributed by atoms with E-state index >= 15 is 0 Å². The van der Waals surface area contributed by atoms with E-state index in [-0.39, 0.29) is 11.8 Å². The van der Waals surface area contributed by atoms with Gasteiger partial charge in [-0.25, -0.2) is 0 Å². The first-order valence-corrected chi connectivity index (χ1v) is 6.87. The van der Waals surface area contributed by atoms with Gasteiger partial charge in [-0.05, 0) is 20.3 Å². The van der Waals surface area contributed by atoms with Crippen LogP contribution in [0.25, 0.3) is 0 Å². The number of hydrogen-bond acceptors (Lipinski definition) is 2. The number of carbonyl (C=O) groups is 1. The number of carbonyl (C=O) groups excluding carboxylic acids is 1. The summed E-state index contributed by atoms with van der Waals surface area (Å²) in [6, 6.07) is 0. The van der Waals surface area contributed by atoms with E-state index < -0.39 is 5.60 Å². The van der Waals surface area contributed by atoms with Gasteiger partial charge in [0.2, 0.25) is 5.91 Å². The van der Waals surface area contributed by atoms with Crippen LogP contribution in [0, 0.1) is 5.92 Å². The smallest absolute Gasteiger partial charge is 0.222 e. The molecular formula is C14H29NO2. The molecule has 0 radical (unpaired) electrons. The van der Waals surface area contributed by atoms with Crippen molar-refractivity contribution in [1.82, 2.24) is 5.32 Å². The highest BCUT2D eigenvalue weighted by molar-refractivity contribution is 5.78.